The maximum absolute atomic E-state index is 12.4. The summed E-state index contributed by atoms with van der Waals surface area (Å²) in [6, 6.07) is 7.85. The van der Waals surface area contributed by atoms with Gasteiger partial charge >= 0.3 is 6.03 Å². The van der Waals surface area contributed by atoms with Crippen molar-refractivity contribution >= 4 is 35.2 Å². The molecule has 8 heteroatoms. The maximum Gasteiger partial charge on any atom is 0.319 e. The molecular formula is C25H37N3O3S2. The minimum Gasteiger partial charge on any atom is -0.493 e. The molecule has 6 nitrogen and oxygen atoms in total. The van der Waals surface area contributed by atoms with Crippen LogP contribution >= 0.6 is 23.5 Å². The lowest BCUT2D eigenvalue weighted by Crippen LogP contribution is -2.30. The van der Waals surface area contributed by atoms with Crippen molar-refractivity contribution in [2.45, 2.75) is 61.8 Å². The molecule has 0 aliphatic heterocycles. The average Bonchev–Trinajstić information content (AvgIpc) is 2.81. The average molecular weight is 492 g/mol. The predicted octanol–water partition coefficient (Wildman–Crippen LogP) is 6.51. The number of carbonyl (C=O) groups is 1. The van der Waals surface area contributed by atoms with Crippen LogP contribution in [0.25, 0.3) is 0 Å². The molecule has 0 saturated carbocycles. The lowest BCUT2D eigenvalue weighted by molar-refractivity contribution is 0.251. The van der Waals surface area contributed by atoms with E-state index in [9.17, 15) is 4.79 Å². The summed E-state index contributed by atoms with van der Waals surface area (Å²) in [6.07, 6.45) is 8.02. The van der Waals surface area contributed by atoms with E-state index in [0.29, 0.717) is 6.54 Å². The second-order valence-electron chi connectivity index (χ2n) is 8.47. The highest BCUT2D eigenvalue weighted by Crippen LogP contribution is 2.40. The van der Waals surface area contributed by atoms with Crippen LogP contribution in [0.15, 0.2) is 34.2 Å². The first-order valence-electron chi connectivity index (χ1n) is 11.1. The molecule has 0 unspecified atom stereocenters. The normalized spacial score (nSPS) is 11.2. The molecule has 0 aliphatic carbocycles. The number of methoxy groups -OCH3 is 2. The van der Waals surface area contributed by atoms with E-state index in [0.717, 1.165) is 64.0 Å². The molecule has 0 atom stereocenters. The number of unbranched alkanes of at least 4 members (excludes halogenated alkanes) is 2. The van der Waals surface area contributed by atoms with Crippen molar-refractivity contribution in [3.8, 4) is 11.5 Å². The fraction of sp³-hybridized carbons (Fsp3) is 0.520. The minimum atomic E-state index is -0.187. The van der Waals surface area contributed by atoms with E-state index in [2.05, 4.69) is 35.5 Å². The van der Waals surface area contributed by atoms with Gasteiger partial charge < -0.3 is 20.1 Å². The smallest absolute Gasteiger partial charge is 0.319 e. The van der Waals surface area contributed by atoms with Crippen LogP contribution in [-0.2, 0) is 5.41 Å². The van der Waals surface area contributed by atoms with Crippen LogP contribution in [0.5, 0.6) is 11.5 Å². The third-order valence-electron chi connectivity index (χ3n) is 5.63. The Morgan fingerprint density at radius 3 is 2.48 bits per heavy atom. The van der Waals surface area contributed by atoms with Crippen molar-refractivity contribution in [2.75, 3.05) is 38.6 Å². The molecule has 1 aromatic heterocycles. The Balaban J connectivity index is 1.82. The second kappa shape index (κ2) is 13.0. The number of thioether (sulfide) groups is 2. The topological polar surface area (TPSA) is 72.5 Å². The molecule has 2 aromatic rings. The molecule has 182 valence electrons. The quantitative estimate of drug-likeness (QED) is 0.260. The van der Waals surface area contributed by atoms with Gasteiger partial charge in [0.2, 0.25) is 0 Å². The first-order valence-corrected chi connectivity index (χ1v) is 13.6. The van der Waals surface area contributed by atoms with E-state index in [1.165, 1.54) is 11.8 Å². The van der Waals surface area contributed by atoms with Crippen molar-refractivity contribution < 1.29 is 14.3 Å². The molecule has 2 rings (SSSR count). The van der Waals surface area contributed by atoms with Crippen molar-refractivity contribution in [1.82, 2.24) is 10.3 Å². The summed E-state index contributed by atoms with van der Waals surface area (Å²) >= 11 is 3.15. The number of carbonyl (C=O) groups excluding carboxylic acids is 1. The SMILES string of the molecule is COc1cccc(C(C)(C)CCCCCNC(=O)Nc2c(SC)cc(C)nc2SC)c1OC. The van der Waals surface area contributed by atoms with Crippen LogP contribution in [0.1, 0.15) is 50.8 Å². The van der Waals surface area contributed by atoms with Crippen LogP contribution in [0.3, 0.4) is 0 Å². The van der Waals surface area contributed by atoms with Gasteiger partial charge in [-0.2, -0.15) is 0 Å². The molecule has 1 aromatic carbocycles. The van der Waals surface area contributed by atoms with E-state index in [1.807, 2.05) is 37.6 Å². The van der Waals surface area contributed by atoms with Crippen LogP contribution in [0.2, 0.25) is 0 Å². The summed E-state index contributed by atoms with van der Waals surface area (Å²) in [7, 11) is 3.35. The van der Waals surface area contributed by atoms with Gasteiger partial charge in [-0.05, 0) is 49.8 Å². The number of pyridine rings is 1. The Labute approximate surface area is 207 Å². The Morgan fingerprint density at radius 1 is 1.09 bits per heavy atom. The molecule has 2 amide bonds. The standard InChI is InChI=1S/C25H37N3O3S2/c1-17-16-20(32-6)21(23(27-17)33-7)28-24(29)26-15-10-8-9-14-25(2,3)18-12-11-13-19(30-4)22(18)31-5/h11-13,16H,8-10,14-15H2,1-7H3,(H2,26,28,29). The fourth-order valence-corrected chi connectivity index (χ4v) is 5.13. The van der Waals surface area contributed by atoms with Gasteiger partial charge in [0, 0.05) is 22.7 Å². The Bertz CT molecular complexity index is 910. The van der Waals surface area contributed by atoms with Gasteiger partial charge in [0.25, 0.3) is 0 Å². The summed E-state index contributed by atoms with van der Waals surface area (Å²) in [6.45, 7) is 7.07. The van der Waals surface area contributed by atoms with Crippen LogP contribution in [0.4, 0.5) is 10.5 Å². The number of nitrogens with zero attached hydrogens (tertiary/aromatic N) is 1. The zero-order valence-electron chi connectivity index (χ0n) is 20.8. The summed E-state index contributed by atoms with van der Waals surface area (Å²) in [4.78, 5) is 18.0. The molecule has 0 aliphatic rings. The van der Waals surface area contributed by atoms with Crippen molar-refractivity contribution in [3.63, 3.8) is 0 Å². The number of para-hydroxylation sites is 1. The van der Waals surface area contributed by atoms with Gasteiger partial charge in [-0.1, -0.05) is 38.8 Å². The molecule has 0 spiro atoms. The van der Waals surface area contributed by atoms with E-state index < -0.39 is 0 Å². The molecule has 33 heavy (non-hydrogen) atoms. The largest absolute Gasteiger partial charge is 0.493 e. The third kappa shape index (κ3) is 7.47. The van der Waals surface area contributed by atoms with Crippen molar-refractivity contribution in [2.24, 2.45) is 0 Å². The molecule has 0 bridgehead atoms. The Morgan fingerprint density at radius 2 is 1.85 bits per heavy atom. The van der Waals surface area contributed by atoms with Gasteiger partial charge in [-0.25, -0.2) is 9.78 Å². The number of hydrogen-bond acceptors (Lipinski definition) is 6. The zero-order chi connectivity index (χ0) is 24.4. The van der Waals surface area contributed by atoms with Gasteiger partial charge in [0.15, 0.2) is 11.5 Å². The Kier molecular flexibility index (Phi) is 10.7. The third-order valence-corrected chi connectivity index (χ3v) is 7.07. The second-order valence-corrected chi connectivity index (χ2v) is 10.1. The number of rotatable bonds is 12. The Hall–Kier alpha value is -2.06. The summed E-state index contributed by atoms with van der Waals surface area (Å²) in [5.41, 5.74) is 2.85. The molecule has 0 saturated heterocycles. The number of urea groups is 1. The summed E-state index contributed by atoms with van der Waals surface area (Å²) in [5.74, 6) is 1.57. The van der Waals surface area contributed by atoms with Gasteiger partial charge in [-0.3, -0.25) is 0 Å². The van der Waals surface area contributed by atoms with Crippen LogP contribution < -0.4 is 20.1 Å². The number of benzene rings is 1. The highest BCUT2D eigenvalue weighted by Gasteiger charge is 2.25. The first kappa shape index (κ1) is 27.2. The number of ether oxygens (including phenoxy) is 2. The summed E-state index contributed by atoms with van der Waals surface area (Å²) < 4.78 is 11.1. The molecular weight excluding hydrogens is 454 g/mol. The monoisotopic (exact) mass is 491 g/mol. The molecule has 0 fully saturated rings. The lowest BCUT2D eigenvalue weighted by Gasteiger charge is -2.28. The molecule has 2 N–H and O–H groups in total. The van der Waals surface area contributed by atoms with E-state index in [1.54, 1.807) is 26.0 Å². The number of anilines is 1. The van der Waals surface area contributed by atoms with Gasteiger partial charge in [0.05, 0.1) is 19.9 Å². The molecule has 1 heterocycles. The lowest BCUT2D eigenvalue weighted by atomic mass is 9.79. The van der Waals surface area contributed by atoms with E-state index in [4.69, 9.17) is 9.47 Å². The van der Waals surface area contributed by atoms with Gasteiger partial charge in [0.1, 0.15) is 5.03 Å². The van der Waals surface area contributed by atoms with Gasteiger partial charge in [-0.15, -0.1) is 23.5 Å². The van der Waals surface area contributed by atoms with E-state index >= 15 is 0 Å². The van der Waals surface area contributed by atoms with Crippen molar-refractivity contribution in [1.29, 1.82) is 0 Å². The van der Waals surface area contributed by atoms with Crippen LogP contribution in [-0.4, -0.2) is 44.3 Å². The number of hydrogen-bond donors (Lipinski definition) is 2. The highest BCUT2D eigenvalue weighted by atomic mass is 32.2. The van der Waals surface area contributed by atoms with E-state index in [-0.39, 0.29) is 11.4 Å². The molecule has 0 radical (unpaired) electrons. The predicted molar refractivity (Wildman–Crippen MR) is 141 cm³/mol. The summed E-state index contributed by atoms with van der Waals surface area (Å²) in [5, 5.41) is 6.80. The van der Waals surface area contributed by atoms with Crippen LogP contribution in [0, 0.1) is 6.92 Å². The van der Waals surface area contributed by atoms with Crippen molar-refractivity contribution in [3.05, 3.63) is 35.5 Å². The number of aryl methyl sites for hydroxylation is 1. The maximum atomic E-state index is 12.4. The fourth-order valence-electron chi connectivity index (χ4n) is 3.82. The number of amides is 2. The minimum absolute atomic E-state index is 0.0361. The number of nitrogens with one attached hydrogen (secondary N) is 2. The first-order chi connectivity index (χ1) is 15.8. The highest BCUT2D eigenvalue weighted by molar-refractivity contribution is 7.99. The number of aromatic nitrogens is 1. The zero-order valence-corrected chi connectivity index (χ0v) is 22.5.